The van der Waals surface area contributed by atoms with Crippen molar-refractivity contribution >= 4 is 5.97 Å². The highest BCUT2D eigenvalue weighted by Crippen LogP contribution is 2.43. The fourth-order valence-corrected chi connectivity index (χ4v) is 3.87. The Kier molecular flexibility index (Phi) is 5.34. The van der Waals surface area contributed by atoms with Gasteiger partial charge in [-0.25, -0.2) is 0 Å². The fraction of sp³-hybridized carbons (Fsp3) is 0.632. The summed E-state index contributed by atoms with van der Waals surface area (Å²) in [7, 11) is 0. The summed E-state index contributed by atoms with van der Waals surface area (Å²) in [4.78, 5) is 12.3. The molecule has 0 N–H and O–H groups in total. The Morgan fingerprint density at radius 1 is 1.26 bits per heavy atom. The van der Waals surface area contributed by atoms with Crippen LogP contribution in [0, 0.1) is 11.8 Å². The molecule has 0 unspecified atom stereocenters. The minimum atomic E-state index is -0.454. The predicted octanol–water partition coefficient (Wildman–Crippen LogP) is 3.34. The zero-order chi connectivity index (χ0) is 16.1. The second-order valence-corrected chi connectivity index (χ2v) is 6.49. The van der Waals surface area contributed by atoms with Gasteiger partial charge >= 0.3 is 5.97 Å². The van der Waals surface area contributed by atoms with Crippen LogP contribution in [0.2, 0.25) is 0 Å². The van der Waals surface area contributed by atoms with Crippen LogP contribution in [0.15, 0.2) is 30.3 Å². The smallest absolute Gasteiger partial charge is 0.309 e. The fourth-order valence-electron chi connectivity index (χ4n) is 3.87. The van der Waals surface area contributed by atoms with Crippen molar-refractivity contribution in [2.24, 2.45) is 11.8 Å². The van der Waals surface area contributed by atoms with Crippen LogP contribution in [0.25, 0.3) is 0 Å². The number of hydrogen-bond donors (Lipinski definition) is 0. The van der Waals surface area contributed by atoms with E-state index in [1.54, 1.807) is 0 Å². The average molecular weight is 318 g/mol. The highest BCUT2D eigenvalue weighted by Gasteiger charge is 2.47. The molecule has 3 rings (SSSR count). The molecule has 1 saturated heterocycles. The van der Waals surface area contributed by atoms with Crippen LogP contribution in [0.4, 0.5) is 0 Å². The predicted molar refractivity (Wildman–Crippen MR) is 86.9 cm³/mol. The molecule has 0 radical (unpaired) electrons. The molecule has 126 valence electrons. The number of carbonyl (C=O) groups is 1. The van der Waals surface area contributed by atoms with Crippen molar-refractivity contribution in [3.63, 3.8) is 0 Å². The van der Waals surface area contributed by atoms with Crippen molar-refractivity contribution in [2.45, 2.75) is 44.8 Å². The van der Waals surface area contributed by atoms with Gasteiger partial charge in [-0.15, -0.1) is 0 Å². The van der Waals surface area contributed by atoms with Crippen LogP contribution in [0.5, 0.6) is 0 Å². The van der Waals surface area contributed by atoms with Gasteiger partial charge < -0.3 is 14.2 Å². The molecule has 4 heteroatoms. The molecule has 1 saturated carbocycles. The zero-order valence-corrected chi connectivity index (χ0v) is 13.8. The summed E-state index contributed by atoms with van der Waals surface area (Å²) in [5.41, 5.74) is 1.31. The topological polar surface area (TPSA) is 44.8 Å². The summed E-state index contributed by atoms with van der Waals surface area (Å²) in [6.07, 6.45) is 4.30. The summed E-state index contributed by atoms with van der Waals surface area (Å²) in [5.74, 6) is -0.290. The van der Waals surface area contributed by atoms with Gasteiger partial charge in [-0.3, -0.25) is 4.79 Å². The molecule has 2 atom stereocenters. The second-order valence-electron chi connectivity index (χ2n) is 6.49. The van der Waals surface area contributed by atoms with Crippen molar-refractivity contribution in [1.29, 1.82) is 0 Å². The van der Waals surface area contributed by atoms with E-state index in [2.05, 4.69) is 24.3 Å². The normalized spacial score (nSPS) is 26.3. The molecule has 2 fully saturated rings. The van der Waals surface area contributed by atoms with E-state index in [-0.39, 0.29) is 17.8 Å². The molecule has 0 aromatic heterocycles. The Hall–Kier alpha value is -1.39. The van der Waals surface area contributed by atoms with Crippen LogP contribution >= 0.6 is 0 Å². The highest BCUT2D eigenvalue weighted by molar-refractivity contribution is 5.73. The number of ether oxygens (including phenoxy) is 3. The van der Waals surface area contributed by atoms with E-state index in [0.717, 1.165) is 32.1 Å². The number of carbonyl (C=O) groups excluding carboxylic acids is 1. The molecule has 1 heterocycles. The van der Waals surface area contributed by atoms with Crippen molar-refractivity contribution in [3.8, 4) is 0 Å². The standard InChI is InChI=1S/C19H26O4/c1-2-21-18(20)17-10-11-19(22-12-13-23-19)14-16(17)9-8-15-6-4-3-5-7-15/h3-7,16-17H,2,8-14H2,1H3/t16-,17+/m0/s1. The van der Waals surface area contributed by atoms with Gasteiger partial charge in [0.15, 0.2) is 5.79 Å². The maximum absolute atomic E-state index is 12.3. The van der Waals surface area contributed by atoms with Gasteiger partial charge in [-0.05, 0) is 37.7 Å². The summed E-state index contributed by atoms with van der Waals surface area (Å²) >= 11 is 0. The second kappa shape index (κ2) is 7.45. The lowest BCUT2D eigenvalue weighted by Crippen LogP contribution is -2.43. The molecule has 23 heavy (non-hydrogen) atoms. The van der Waals surface area contributed by atoms with E-state index in [9.17, 15) is 4.79 Å². The molecule has 2 aliphatic rings. The van der Waals surface area contributed by atoms with Gasteiger partial charge in [-0.1, -0.05) is 30.3 Å². The average Bonchev–Trinajstić information content (AvgIpc) is 3.02. The van der Waals surface area contributed by atoms with E-state index in [4.69, 9.17) is 14.2 Å². The summed E-state index contributed by atoms with van der Waals surface area (Å²) in [5, 5.41) is 0. The summed E-state index contributed by atoms with van der Waals surface area (Å²) < 4.78 is 17.0. The van der Waals surface area contributed by atoms with Crippen molar-refractivity contribution < 1.29 is 19.0 Å². The molecule has 1 aromatic rings. The van der Waals surface area contributed by atoms with Gasteiger partial charge in [0.2, 0.25) is 0 Å². The SMILES string of the molecule is CCOC(=O)[C@@H]1CCC2(C[C@@H]1CCc1ccccc1)OCCO2. The quantitative estimate of drug-likeness (QED) is 0.781. The Bertz CT molecular complexity index is 507. The molecular formula is C19H26O4. The number of aryl methyl sites for hydroxylation is 1. The van der Waals surface area contributed by atoms with Crippen LogP contribution in [-0.2, 0) is 25.4 Å². The highest BCUT2D eigenvalue weighted by atomic mass is 16.7. The summed E-state index contributed by atoms with van der Waals surface area (Å²) in [6.45, 7) is 3.63. The molecule has 1 aliphatic carbocycles. The van der Waals surface area contributed by atoms with Gasteiger partial charge in [0, 0.05) is 12.8 Å². The number of rotatable bonds is 5. The zero-order valence-electron chi connectivity index (χ0n) is 13.8. The molecule has 0 bridgehead atoms. The van der Waals surface area contributed by atoms with Gasteiger partial charge in [-0.2, -0.15) is 0 Å². The van der Waals surface area contributed by atoms with Crippen molar-refractivity contribution in [2.75, 3.05) is 19.8 Å². The number of benzene rings is 1. The molecule has 1 aromatic carbocycles. The van der Waals surface area contributed by atoms with Crippen LogP contribution in [0.3, 0.4) is 0 Å². The Morgan fingerprint density at radius 3 is 2.70 bits per heavy atom. The molecule has 0 amide bonds. The van der Waals surface area contributed by atoms with Crippen LogP contribution < -0.4 is 0 Å². The number of hydrogen-bond acceptors (Lipinski definition) is 4. The third-order valence-electron chi connectivity index (χ3n) is 5.03. The lowest BCUT2D eigenvalue weighted by atomic mass is 9.73. The minimum Gasteiger partial charge on any atom is -0.466 e. The lowest BCUT2D eigenvalue weighted by molar-refractivity contribution is -0.200. The monoisotopic (exact) mass is 318 g/mol. The molecule has 1 aliphatic heterocycles. The Morgan fingerprint density at radius 2 is 2.00 bits per heavy atom. The molecular weight excluding hydrogens is 292 g/mol. The maximum atomic E-state index is 12.3. The van der Waals surface area contributed by atoms with Crippen LogP contribution in [0.1, 0.15) is 38.2 Å². The van der Waals surface area contributed by atoms with Crippen LogP contribution in [-0.4, -0.2) is 31.6 Å². The van der Waals surface area contributed by atoms with E-state index < -0.39 is 5.79 Å². The lowest BCUT2D eigenvalue weighted by Gasteiger charge is -2.40. The number of esters is 1. The van der Waals surface area contributed by atoms with Gasteiger partial charge in [0.1, 0.15) is 0 Å². The third kappa shape index (κ3) is 3.93. The minimum absolute atomic E-state index is 0.0305. The van der Waals surface area contributed by atoms with Gasteiger partial charge in [0.05, 0.1) is 25.7 Å². The first-order valence-electron chi connectivity index (χ1n) is 8.71. The first-order chi connectivity index (χ1) is 11.2. The molecule has 1 spiro atoms. The van der Waals surface area contributed by atoms with Gasteiger partial charge in [0.25, 0.3) is 0 Å². The van der Waals surface area contributed by atoms with E-state index in [1.807, 2.05) is 13.0 Å². The Labute approximate surface area is 138 Å². The van der Waals surface area contributed by atoms with E-state index in [1.165, 1.54) is 5.56 Å². The Balaban J connectivity index is 1.68. The van der Waals surface area contributed by atoms with Crippen molar-refractivity contribution in [1.82, 2.24) is 0 Å². The molecule has 4 nitrogen and oxygen atoms in total. The van der Waals surface area contributed by atoms with Crippen molar-refractivity contribution in [3.05, 3.63) is 35.9 Å². The maximum Gasteiger partial charge on any atom is 0.309 e. The third-order valence-corrected chi connectivity index (χ3v) is 5.03. The largest absolute Gasteiger partial charge is 0.466 e. The van der Waals surface area contributed by atoms with E-state index in [0.29, 0.717) is 19.8 Å². The first kappa shape index (κ1) is 16.5. The summed E-state index contributed by atoms with van der Waals surface area (Å²) in [6, 6.07) is 10.4. The van der Waals surface area contributed by atoms with E-state index >= 15 is 0 Å². The first-order valence-corrected chi connectivity index (χ1v) is 8.71.